The van der Waals surface area contributed by atoms with Gasteiger partial charge in [0.2, 0.25) is 0 Å². The Hall–Kier alpha value is -1.44. The summed E-state index contributed by atoms with van der Waals surface area (Å²) in [4.78, 5) is 0. The molecule has 6 rings (SSSR count). The lowest BCUT2D eigenvalue weighted by atomic mass is 9.83. The van der Waals surface area contributed by atoms with Crippen molar-refractivity contribution in [1.82, 2.24) is 9.13 Å². The van der Waals surface area contributed by atoms with Gasteiger partial charge in [-0.05, 0) is 49.9 Å². The van der Waals surface area contributed by atoms with E-state index in [0.29, 0.717) is 5.66 Å². The van der Waals surface area contributed by atoms with Crippen LogP contribution in [0.15, 0.2) is 24.3 Å². The van der Waals surface area contributed by atoms with E-state index in [-0.39, 0.29) is 0 Å². The molecule has 0 bridgehead atoms. The van der Waals surface area contributed by atoms with Gasteiger partial charge in [-0.1, -0.05) is 0 Å². The molecule has 2 heteroatoms. The van der Waals surface area contributed by atoms with E-state index in [4.69, 9.17) is 0 Å². The summed E-state index contributed by atoms with van der Waals surface area (Å²) in [6, 6.07) is 9.50. The van der Waals surface area contributed by atoms with Crippen molar-refractivity contribution in [3.63, 3.8) is 0 Å². The summed E-state index contributed by atoms with van der Waals surface area (Å²) in [7, 11) is 0. The van der Waals surface area contributed by atoms with Crippen LogP contribution in [0, 0.1) is 11.8 Å². The normalized spacial score (nSPS) is 37.9. The van der Waals surface area contributed by atoms with Crippen molar-refractivity contribution in [2.24, 2.45) is 11.8 Å². The van der Waals surface area contributed by atoms with Crippen LogP contribution < -0.4 is 0 Å². The first-order valence-electron chi connectivity index (χ1n) is 6.79. The number of hydrogen-bond acceptors (Lipinski definition) is 0. The predicted molar refractivity (Wildman–Crippen MR) is 64.0 cm³/mol. The zero-order valence-corrected chi connectivity index (χ0v) is 9.69. The molecule has 1 spiro atoms. The van der Waals surface area contributed by atoms with Gasteiger partial charge < -0.3 is 9.13 Å². The molecular weight excluding hydrogens is 208 g/mol. The minimum absolute atomic E-state index is 0.350. The molecule has 0 aromatic carbocycles. The zero-order valence-electron chi connectivity index (χ0n) is 9.69. The fourth-order valence-electron chi connectivity index (χ4n) is 5.53. The first-order valence-corrected chi connectivity index (χ1v) is 6.79. The van der Waals surface area contributed by atoms with Crippen molar-refractivity contribution in [3.05, 3.63) is 47.0 Å². The summed E-state index contributed by atoms with van der Waals surface area (Å²) in [5.41, 5.74) is 6.74. The molecule has 0 amide bonds. The van der Waals surface area contributed by atoms with E-state index < -0.39 is 0 Å². The largest absolute Gasteiger partial charge is 0.324 e. The molecule has 17 heavy (non-hydrogen) atoms. The maximum Gasteiger partial charge on any atom is 0.128 e. The van der Waals surface area contributed by atoms with Gasteiger partial charge in [0.05, 0.1) is 0 Å². The van der Waals surface area contributed by atoms with E-state index in [0.717, 1.165) is 11.8 Å². The maximum atomic E-state index is 2.72. The minimum atomic E-state index is 0.350. The Bertz CT molecular complexity index is 581. The lowest BCUT2D eigenvalue weighted by Gasteiger charge is -2.31. The van der Waals surface area contributed by atoms with Crippen LogP contribution in [-0.2, 0) is 31.3 Å². The third-order valence-electron chi connectivity index (χ3n) is 5.83. The van der Waals surface area contributed by atoms with Gasteiger partial charge in [-0.25, -0.2) is 0 Å². The van der Waals surface area contributed by atoms with Gasteiger partial charge in [-0.3, -0.25) is 0 Å². The van der Waals surface area contributed by atoms with Crippen LogP contribution in [0.1, 0.15) is 22.8 Å². The molecule has 4 aliphatic rings. The summed E-state index contributed by atoms with van der Waals surface area (Å²) < 4.78 is 5.44. The van der Waals surface area contributed by atoms with E-state index >= 15 is 0 Å². The van der Waals surface area contributed by atoms with Crippen LogP contribution in [-0.4, -0.2) is 9.13 Å². The Morgan fingerprint density at radius 3 is 1.41 bits per heavy atom. The van der Waals surface area contributed by atoms with E-state index in [1.54, 1.807) is 22.8 Å². The molecule has 0 radical (unpaired) electrons. The van der Waals surface area contributed by atoms with Crippen molar-refractivity contribution >= 4 is 0 Å². The topological polar surface area (TPSA) is 9.86 Å². The molecule has 0 fully saturated rings. The van der Waals surface area contributed by atoms with Crippen molar-refractivity contribution < 1.29 is 0 Å². The number of rotatable bonds is 0. The van der Waals surface area contributed by atoms with Gasteiger partial charge in [-0.2, -0.15) is 0 Å². The van der Waals surface area contributed by atoms with Crippen LogP contribution in [0.2, 0.25) is 0 Å². The average Bonchev–Trinajstić information content (AvgIpc) is 2.97. The van der Waals surface area contributed by atoms with Crippen LogP contribution >= 0.6 is 0 Å². The third kappa shape index (κ3) is 0.551. The van der Waals surface area contributed by atoms with Crippen molar-refractivity contribution in [2.75, 3.05) is 0 Å². The molecule has 2 nitrogen and oxygen atoms in total. The molecule has 0 aliphatic carbocycles. The predicted octanol–water partition coefficient (Wildman–Crippen LogP) is 1.95. The molecule has 84 valence electrons. The fourth-order valence-corrected chi connectivity index (χ4v) is 5.53. The Kier molecular flexibility index (Phi) is 0.919. The lowest BCUT2D eigenvalue weighted by Crippen LogP contribution is -2.40. The minimum Gasteiger partial charge on any atom is -0.324 e. The Labute approximate surface area is 99.9 Å². The Balaban J connectivity index is 1.85. The molecule has 0 N–H and O–H groups in total. The number of nitrogens with zero attached hydrogens (tertiary/aromatic N) is 2. The summed E-state index contributed by atoms with van der Waals surface area (Å²) in [5.74, 6) is 1.70. The van der Waals surface area contributed by atoms with Crippen molar-refractivity contribution in [3.8, 4) is 0 Å². The standard InChI is InChI=1S/C15H14N2/c1-2-12-6-10-8-14-4-3-13-7-9-5-11(1)16(12)15(9,10)17(13)14/h1-4,9-10H,5-8H2. The number of aromatic nitrogens is 2. The second kappa shape index (κ2) is 2.00. The molecule has 0 unspecified atom stereocenters. The maximum absolute atomic E-state index is 2.72. The Morgan fingerprint density at radius 1 is 0.706 bits per heavy atom. The molecule has 4 aliphatic heterocycles. The molecular formula is C15H14N2. The van der Waals surface area contributed by atoms with Crippen LogP contribution in [0.5, 0.6) is 0 Å². The lowest BCUT2D eigenvalue weighted by molar-refractivity contribution is 0.162. The summed E-state index contributed by atoms with van der Waals surface area (Å²) in [6.45, 7) is 0. The SMILES string of the molecule is c1cc2n3c1CC1Cc4ccc5n4C13C(C2)C5. The average molecular weight is 222 g/mol. The van der Waals surface area contributed by atoms with Crippen molar-refractivity contribution in [2.45, 2.75) is 31.3 Å². The first-order chi connectivity index (χ1) is 8.39. The van der Waals surface area contributed by atoms with Crippen LogP contribution in [0.4, 0.5) is 0 Å². The van der Waals surface area contributed by atoms with Gasteiger partial charge in [0.1, 0.15) is 5.66 Å². The molecule has 6 heterocycles. The van der Waals surface area contributed by atoms with Gasteiger partial charge in [0, 0.05) is 34.6 Å². The van der Waals surface area contributed by atoms with Gasteiger partial charge in [0.25, 0.3) is 0 Å². The smallest absolute Gasteiger partial charge is 0.128 e. The molecule has 0 saturated heterocycles. The highest BCUT2D eigenvalue weighted by Crippen LogP contribution is 2.60. The second-order valence-electron chi connectivity index (χ2n) is 6.30. The zero-order chi connectivity index (χ0) is 10.8. The van der Waals surface area contributed by atoms with E-state index in [9.17, 15) is 0 Å². The van der Waals surface area contributed by atoms with Gasteiger partial charge in [0.15, 0.2) is 0 Å². The van der Waals surface area contributed by atoms with E-state index in [2.05, 4.69) is 33.4 Å². The molecule has 0 atom stereocenters. The molecule has 2 aromatic heterocycles. The monoisotopic (exact) mass is 222 g/mol. The van der Waals surface area contributed by atoms with Crippen LogP contribution in [0.3, 0.4) is 0 Å². The van der Waals surface area contributed by atoms with Gasteiger partial charge in [-0.15, -0.1) is 0 Å². The highest BCUT2D eigenvalue weighted by Gasteiger charge is 2.64. The highest BCUT2D eigenvalue weighted by atomic mass is 15.4. The fraction of sp³-hybridized carbons (Fsp3) is 0.467. The molecule has 2 aromatic rings. The van der Waals surface area contributed by atoms with Crippen molar-refractivity contribution in [1.29, 1.82) is 0 Å². The van der Waals surface area contributed by atoms with E-state index in [1.807, 2.05) is 0 Å². The van der Waals surface area contributed by atoms with Gasteiger partial charge >= 0.3 is 0 Å². The molecule has 0 saturated carbocycles. The summed E-state index contributed by atoms with van der Waals surface area (Å²) in [6.07, 6.45) is 5.21. The quantitative estimate of drug-likeness (QED) is 0.645. The van der Waals surface area contributed by atoms with Crippen LogP contribution in [0.25, 0.3) is 0 Å². The van der Waals surface area contributed by atoms with E-state index in [1.165, 1.54) is 25.7 Å². The third-order valence-corrected chi connectivity index (χ3v) is 5.83. The second-order valence-corrected chi connectivity index (χ2v) is 6.30. The first kappa shape index (κ1) is 7.80. The summed E-state index contributed by atoms with van der Waals surface area (Å²) in [5, 5.41) is 0. The number of hydrogen-bond donors (Lipinski definition) is 0. The Morgan fingerprint density at radius 2 is 1.06 bits per heavy atom. The summed E-state index contributed by atoms with van der Waals surface area (Å²) >= 11 is 0. The highest BCUT2D eigenvalue weighted by molar-refractivity contribution is 5.42.